The molecule has 2 aliphatic heterocycles. The fraction of sp³-hybridized carbons (Fsp3) is 0.714. The zero-order valence-corrected chi connectivity index (χ0v) is 21.5. The summed E-state index contributed by atoms with van der Waals surface area (Å²) < 4.78 is 5.42. The number of rotatable bonds is 10. The fourth-order valence-corrected chi connectivity index (χ4v) is 6.07. The zero-order chi connectivity index (χ0) is 24.5. The number of hydrogen-bond donors (Lipinski definition) is 1. The molecule has 4 rings (SSSR count). The van der Waals surface area contributed by atoms with Gasteiger partial charge in [-0.2, -0.15) is 0 Å². The highest BCUT2D eigenvalue weighted by atomic mass is 16.5. The van der Waals surface area contributed by atoms with Crippen LogP contribution in [0.3, 0.4) is 0 Å². The van der Waals surface area contributed by atoms with E-state index in [1.807, 2.05) is 23.1 Å². The number of nitrogens with zero attached hydrogens (tertiary/aromatic N) is 3. The lowest BCUT2D eigenvalue weighted by atomic mass is 9.93. The second-order valence-electron chi connectivity index (χ2n) is 10.3. The first-order chi connectivity index (χ1) is 17.2. The van der Waals surface area contributed by atoms with Crippen molar-refractivity contribution < 1.29 is 14.3 Å². The van der Waals surface area contributed by atoms with Gasteiger partial charge < -0.3 is 15.0 Å². The lowest BCUT2D eigenvalue weighted by Gasteiger charge is -2.41. The Kier molecular flexibility index (Phi) is 9.98. The maximum absolute atomic E-state index is 13.4. The van der Waals surface area contributed by atoms with Gasteiger partial charge in [0, 0.05) is 45.8 Å². The van der Waals surface area contributed by atoms with Gasteiger partial charge in [0.15, 0.2) is 0 Å². The second-order valence-corrected chi connectivity index (χ2v) is 10.3. The van der Waals surface area contributed by atoms with Gasteiger partial charge in [0.25, 0.3) is 0 Å². The fourth-order valence-electron chi connectivity index (χ4n) is 6.07. The van der Waals surface area contributed by atoms with E-state index in [4.69, 9.17) is 4.74 Å². The average Bonchev–Trinajstić information content (AvgIpc) is 3.43. The molecule has 0 radical (unpaired) electrons. The van der Waals surface area contributed by atoms with Gasteiger partial charge in [-0.1, -0.05) is 50.1 Å². The Morgan fingerprint density at radius 3 is 2.34 bits per heavy atom. The van der Waals surface area contributed by atoms with Crippen LogP contribution in [0.25, 0.3) is 0 Å². The molecule has 1 aromatic rings. The van der Waals surface area contributed by atoms with Gasteiger partial charge in [-0.15, -0.1) is 0 Å². The molecule has 2 unspecified atom stereocenters. The number of morpholine rings is 1. The van der Waals surface area contributed by atoms with Crippen LogP contribution >= 0.6 is 0 Å². The number of amides is 2. The van der Waals surface area contributed by atoms with E-state index in [1.54, 1.807) is 0 Å². The lowest BCUT2D eigenvalue weighted by molar-refractivity contribution is -0.136. The first-order valence-corrected chi connectivity index (χ1v) is 13.8. The molecule has 3 fully saturated rings. The number of piperazine rings is 1. The van der Waals surface area contributed by atoms with Crippen molar-refractivity contribution in [2.24, 2.45) is 5.92 Å². The summed E-state index contributed by atoms with van der Waals surface area (Å²) >= 11 is 0. The van der Waals surface area contributed by atoms with Gasteiger partial charge in [-0.25, -0.2) is 0 Å². The molecular weight excluding hydrogens is 440 g/mol. The van der Waals surface area contributed by atoms with Gasteiger partial charge in [0.1, 0.15) is 0 Å². The number of carbonyl (C=O) groups excluding carboxylic acids is 2. The molecule has 1 aromatic carbocycles. The minimum atomic E-state index is -0.0804. The molecular formula is C28H44N4O3. The summed E-state index contributed by atoms with van der Waals surface area (Å²) in [4.78, 5) is 33.5. The van der Waals surface area contributed by atoms with Crippen LogP contribution in [0.4, 0.5) is 0 Å². The predicted molar refractivity (Wildman–Crippen MR) is 138 cm³/mol. The Morgan fingerprint density at radius 2 is 1.69 bits per heavy atom. The average molecular weight is 485 g/mol. The molecule has 2 atom stereocenters. The van der Waals surface area contributed by atoms with Crippen LogP contribution in [0.2, 0.25) is 0 Å². The molecule has 2 amide bonds. The number of ether oxygens (including phenoxy) is 1. The van der Waals surface area contributed by atoms with E-state index in [-0.39, 0.29) is 23.8 Å². The standard InChI is InChI=1S/C28H44N4O3/c1-2-25(23-9-4-3-5-10-23)28(34)32-17-15-31(16-18-32)26(24-11-6-7-12-24)27(33)29-13-8-14-30-19-21-35-22-20-30/h3-5,9-10,24-26H,2,6-8,11-22H2,1H3,(H,29,33). The van der Waals surface area contributed by atoms with Crippen LogP contribution in [-0.2, 0) is 14.3 Å². The number of nitrogens with one attached hydrogen (secondary N) is 1. The molecule has 3 aliphatic rings. The van der Waals surface area contributed by atoms with Crippen molar-refractivity contribution in [3.8, 4) is 0 Å². The first-order valence-electron chi connectivity index (χ1n) is 13.8. The third kappa shape index (κ3) is 7.05. The van der Waals surface area contributed by atoms with Crippen LogP contribution in [0.1, 0.15) is 56.9 Å². The van der Waals surface area contributed by atoms with Gasteiger partial charge >= 0.3 is 0 Å². The van der Waals surface area contributed by atoms with Crippen molar-refractivity contribution >= 4 is 11.8 Å². The van der Waals surface area contributed by atoms with Crippen molar-refractivity contribution in [2.75, 3.05) is 65.6 Å². The van der Waals surface area contributed by atoms with Crippen LogP contribution in [0.5, 0.6) is 0 Å². The van der Waals surface area contributed by atoms with E-state index in [0.29, 0.717) is 19.0 Å². The Morgan fingerprint density at radius 1 is 1.00 bits per heavy atom. The Bertz CT molecular complexity index is 785. The maximum atomic E-state index is 13.4. The molecule has 0 aromatic heterocycles. The molecule has 1 saturated carbocycles. The predicted octanol–water partition coefficient (Wildman–Crippen LogP) is 2.72. The third-order valence-corrected chi connectivity index (χ3v) is 8.10. The quantitative estimate of drug-likeness (QED) is 0.518. The highest BCUT2D eigenvalue weighted by molar-refractivity contribution is 5.84. The molecule has 1 N–H and O–H groups in total. The van der Waals surface area contributed by atoms with Gasteiger partial charge in [-0.3, -0.25) is 19.4 Å². The second kappa shape index (κ2) is 13.4. The Balaban J connectivity index is 1.29. The topological polar surface area (TPSA) is 65.1 Å². The van der Waals surface area contributed by atoms with Crippen molar-refractivity contribution in [2.45, 2.75) is 57.4 Å². The van der Waals surface area contributed by atoms with Crippen molar-refractivity contribution in [3.05, 3.63) is 35.9 Å². The number of benzene rings is 1. The highest BCUT2D eigenvalue weighted by Gasteiger charge is 2.37. The first kappa shape index (κ1) is 26.1. The summed E-state index contributed by atoms with van der Waals surface area (Å²) in [6.07, 6.45) is 6.50. The van der Waals surface area contributed by atoms with Crippen molar-refractivity contribution in [3.63, 3.8) is 0 Å². The van der Waals surface area contributed by atoms with E-state index < -0.39 is 0 Å². The monoisotopic (exact) mass is 484 g/mol. The van der Waals surface area contributed by atoms with E-state index in [1.165, 1.54) is 12.8 Å². The minimum absolute atomic E-state index is 0.0609. The summed E-state index contributed by atoms with van der Waals surface area (Å²) in [6, 6.07) is 10.1. The molecule has 0 bridgehead atoms. The largest absolute Gasteiger partial charge is 0.379 e. The van der Waals surface area contributed by atoms with Crippen LogP contribution < -0.4 is 5.32 Å². The van der Waals surface area contributed by atoms with Gasteiger partial charge in [0.2, 0.25) is 11.8 Å². The summed E-state index contributed by atoms with van der Waals surface area (Å²) in [7, 11) is 0. The molecule has 0 spiro atoms. The molecule has 7 heteroatoms. The molecule has 7 nitrogen and oxygen atoms in total. The smallest absolute Gasteiger partial charge is 0.237 e. The van der Waals surface area contributed by atoms with Crippen LogP contribution in [0, 0.1) is 5.92 Å². The van der Waals surface area contributed by atoms with E-state index >= 15 is 0 Å². The summed E-state index contributed by atoms with van der Waals surface area (Å²) in [5, 5.41) is 3.26. The zero-order valence-electron chi connectivity index (χ0n) is 21.5. The molecule has 2 heterocycles. The third-order valence-electron chi connectivity index (χ3n) is 8.10. The van der Waals surface area contributed by atoms with Crippen molar-refractivity contribution in [1.29, 1.82) is 0 Å². The molecule has 194 valence electrons. The molecule has 35 heavy (non-hydrogen) atoms. The summed E-state index contributed by atoms with van der Waals surface area (Å²) in [5.41, 5.74) is 1.10. The Labute approximate surface area is 211 Å². The van der Waals surface area contributed by atoms with Crippen molar-refractivity contribution in [1.82, 2.24) is 20.0 Å². The van der Waals surface area contributed by atoms with E-state index in [9.17, 15) is 9.59 Å². The number of hydrogen-bond acceptors (Lipinski definition) is 5. The maximum Gasteiger partial charge on any atom is 0.237 e. The van der Waals surface area contributed by atoms with E-state index in [0.717, 1.165) is 83.7 Å². The summed E-state index contributed by atoms with van der Waals surface area (Å²) in [5.74, 6) is 0.769. The van der Waals surface area contributed by atoms with Gasteiger partial charge in [0.05, 0.1) is 25.2 Å². The molecule has 2 saturated heterocycles. The normalized spacial score (nSPS) is 22.1. The SMILES string of the molecule is CCC(C(=O)N1CCN(C(C(=O)NCCCN2CCOCC2)C2CCCC2)CC1)c1ccccc1. The van der Waals surface area contributed by atoms with E-state index in [2.05, 4.69) is 34.2 Å². The van der Waals surface area contributed by atoms with Gasteiger partial charge in [-0.05, 0) is 43.7 Å². The Hall–Kier alpha value is -1.96. The molecule has 1 aliphatic carbocycles. The summed E-state index contributed by atoms with van der Waals surface area (Å²) in [6.45, 7) is 10.4. The van der Waals surface area contributed by atoms with Crippen LogP contribution in [0.15, 0.2) is 30.3 Å². The van der Waals surface area contributed by atoms with Crippen LogP contribution in [-0.4, -0.2) is 98.1 Å². The minimum Gasteiger partial charge on any atom is -0.379 e. The lowest BCUT2D eigenvalue weighted by Crippen LogP contribution is -2.58. The highest BCUT2D eigenvalue weighted by Crippen LogP contribution is 2.31. The number of carbonyl (C=O) groups is 2.